The fourth-order valence-electron chi connectivity index (χ4n) is 3.80. The van der Waals surface area contributed by atoms with E-state index in [0.29, 0.717) is 12.3 Å². The standard InChI is InChI=1S/C21H33NO3.C3H6/c1-4-5-16(10-11-22)13-19-9-8-18-7-6-17(14-20(18)25-19)12-15(2)21(23)24-3;1-2-3-1/h6-7,14-16,19H,4-5,8-13,22H2,1-3H3;1-3H2. The first-order valence-electron chi connectivity index (χ1n) is 11.1. The molecule has 0 radical (unpaired) electrons. The normalized spacial score (nSPS) is 19.4. The van der Waals surface area contributed by atoms with Gasteiger partial charge in [-0.3, -0.25) is 4.79 Å². The topological polar surface area (TPSA) is 61.6 Å². The Morgan fingerprint density at radius 1 is 1.29 bits per heavy atom. The lowest BCUT2D eigenvalue weighted by Gasteiger charge is -2.29. The second-order valence-corrected chi connectivity index (χ2v) is 8.38. The lowest BCUT2D eigenvalue weighted by Crippen LogP contribution is -2.26. The van der Waals surface area contributed by atoms with Crippen LogP contribution in [0.5, 0.6) is 5.75 Å². The Labute approximate surface area is 171 Å². The molecular weight excluding hydrogens is 350 g/mol. The van der Waals surface area contributed by atoms with Crippen LogP contribution in [0.15, 0.2) is 18.2 Å². The zero-order valence-corrected chi connectivity index (χ0v) is 18.0. The number of hydrogen-bond donors (Lipinski definition) is 1. The number of methoxy groups -OCH3 is 1. The van der Waals surface area contributed by atoms with E-state index in [1.165, 1.54) is 44.8 Å². The molecule has 3 rings (SSSR count). The molecule has 1 heterocycles. The summed E-state index contributed by atoms with van der Waals surface area (Å²) in [6, 6.07) is 6.36. The van der Waals surface area contributed by atoms with Crippen LogP contribution < -0.4 is 10.5 Å². The lowest BCUT2D eigenvalue weighted by molar-refractivity contribution is -0.144. The fraction of sp³-hybridized carbons (Fsp3) is 0.708. The molecule has 1 aromatic rings. The Bertz CT molecular complexity index is 591. The van der Waals surface area contributed by atoms with Gasteiger partial charge < -0.3 is 15.2 Å². The predicted octanol–water partition coefficient (Wildman–Crippen LogP) is 5.06. The van der Waals surface area contributed by atoms with Crippen LogP contribution in [0.25, 0.3) is 0 Å². The Balaban J connectivity index is 0.000000849. The first-order chi connectivity index (χ1) is 13.6. The summed E-state index contributed by atoms with van der Waals surface area (Å²) in [5.74, 6) is 1.35. The second kappa shape index (κ2) is 12.1. The number of nitrogens with two attached hydrogens (primary N) is 1. The van der Waals surface area contributed by atoms with Crippen molar-refractivity contribution in [1.29, 1.82) is 0 Å². The molecule has 2 N–H and O–H groups in total. The van der Waals surface area contributed by atoms with E-state index in [2.05, 4.69) is 25.1 Å². The number of ether oxygens (including phenoxy) is 2. The number of carbonyl (C=O) groups is 1. The number of esters is 1. The van der Waals surface area contributed by atoms with Gasteiger partial charge in [0.15, 0.2) is 0 Å². The van der Waals surface area contributed by atoms with Crippen molar-refractivity contribution in [3.05, 3.63) is 29.3 Å². The molecule has 1 aliphatic heterocycles. The molecule has 4 nitrogen and oxygen atoms in total. The van der Waals surface area contributed by atoms with E-state index in [9.17, 15) is 4.79 Å². The van der Waals surface area contributed by atoms with Crippen molar-refractivity contribution in [2.75, 3.05) is 13.7 Å². The average molecular weight is 390 g/mol. The molecular formula is C24H39NO3. The molecule has 3 atom stereocenters. The number of fused-ring (bicyclic) bond motifs is 1. The highest BCUT2D eigenvalue weighted by Gasteiger charge is 2.23. The van der Waals surface area contributed by atoms with Crippen molar-refractivity contribution in [3.63, 3.8) is 0 Å². The van der Waals surface area contributed by atoms with Crippen LogP contribution in [0.3, 0.4) is 0 Å². The van der Waals surface area contributed by atoms with Gasteiger partial charge in [0.2, 0.25) is 0 Å². The first-order valence-corrected chi connectivity index (χ1v) is 11.1. The molecule has 0 amide bonds. The number of aryl methyl sites for hydroxylation is 1. The van der Waals surface area contributed by atoms with Crippen LogP contribution in [0.4, 0.5) is 0 Å². The molecule has 1 fully saturated rings. The van der Waals surface area contributed by atoms with Crippen LogP contribution in [0.1, 0.15) is 76.3 Å². The van der Waals surface area contributed by atoms with E-state index in [4.69, 9.17) is 15.2 Å². The summed E-state index contributed by atoms with van der Waals surface area (Å²) in [5.41, 5.74) is 8.17. The zero-order valence-electron chi connectivity index (χ0n) is 18.0. The maximum atomic E-state index is 11.6. The third-order valence-corrected chi connectivity index (χ3v) is 5.53. The number of benzene rings is 1. The van der Waals surface area contributed by atoms with E-state index >= 15 is 0 Å². The van der Waals surface area contributed by atoms with Crippen LogP contribution in [-0.4, -0.2) is 25.7 Å². The number of rotatable bonds is 9. The molecule has 0 bridgehead atoms. The van der Waals surface area contributed by atoms with Crippen molar-refractivity contribution >= 4 is 5.97 Å². The molecule has 0 saturated heterocycles. The van der Waals surface area contributed by atoms with Crippen LogP contribution in [0, 0.1) is 11.8 Å². The molecule has 0 spiro atoms. The Hall–Kier alpha value is -1.55. The van der Waals surface area contributed by atoms with Crippen molar-refractivity contribution in [1.82, 2.24) is 0 Å². The molecule has 158 valence electrons. The molecule has 0 aromatic heterocycles. The Kier molecular flexibility index (Phi) is 9.83. The lowest BCUT2D eigenvalue weighted by atomic mass is 9.89. The van der Waals surface area contributed by atoms with E-state index < -0.39 is 0 Å². The number of hydrogen-bond acceptors (Lipinski definition) is 4. The van der Waals surface area contributed by atoms with Gasteiger partial charge in [-0.2, -0.15) is 0 Å². The summed E-state index contributed by atoms with van der Waals surface area (Å²) in [7, 11) is 1.44. The van der Waals surface area contributed by atoms with E-state index in [0.717, 1.165) is 43.5 Å². The van der Waals surface area contributed by atoms with Gasteiger partial charge in [-0.25, -0.2) is 0 Å². The molecule has 4 heteroatoms. The van der Waals surface area contributed by atoms with Gasteiger partial charge in [-0.1, -0.05) is 58.1 Å². The molecule has 2 aliphatic rings. The Morgan fingerprint density at radius 3 is 2.64 bits per heavy atom. The van der Waals surface area contributed by atoms with Gasteiger partial charge in [0, 0.05) is 0 Å². The van der Waals surface area contributed by atoms with Gasteiger partial charge in [-0.05, 0) is 61.8 Å². The third kappa shape index (κ3) is 7.83. The monoisotopic (exact) mass is 389 g/mol. The minimum atomic E-state index is -0.166. The summed E-state index contributed by atoms with van der Waals surface area (Å²) in [6.45, 7) is 4.88. The summed E-state index contributed by atoms with van der Waals surface area (Å²) >= 11 is 0. The molecule has 3 unspecified atom stereocenters. The highest BCUT2D eigenvalue weighted by atomic mass is 16.5. The van der Waals surface area contributed by atoms with Gasteiger partial charge in [0.25, 0.3) is 0 Å². The second-order valence-electron chi connectivity index (χ2n) is 8.38. The summed E-state index contributed by atoms with van der Waals surface area (Å²) in [4.78, 5) is 11.6. The number of carbonyl (C=O) groups excluding carboxylic acids is 1. The van der Waals surface area contributed by atoms with Crippen LogP contribution in [-0.2, 0) is 22.4 Å². The Morgan fingerprint density at radius 2 is 2.04 bits per heavy atom. The summed E-state index contributed by atoms with van der Waals surface area (Å²) < 4.78 is 11.1. The van der Waals surface area contributed by atoms with E-state index in [1.807, 2.05) is 6.92 Å². The first kappa shape index (κ1) is 22.7. The van der Waals surface area contributed by atoms with Crippen LogP contribution >= 0.6 is 0 Å². The predicted molar refractivity (Wildman–Crippen MR) is 115 cm³/mol. The van der Waals surface area contributed by atoms with Crippen molar-refractivity contribution < 1.29 is 14.3 Å². The van der Waals surface area contributed by atoms with Gasteiger partial charge in [-0.15, -0.1) is 0 Å². The van der Waals surface area contributed by atoms with Gasteiger partial charge in [0.05, 0.1) is 19.1 Å². The third-order valence-electron chi connectivity index (χ3n) is 5.53. The zero-order chi connectivity index (χ0) is 20.4. The van der Waals surface area contributed by atoms with Gasteiger partial charge in [0.1, 0.15) is 5.75 Å². The van der Waals surface area contributed by atoms with E-state index in [-0.39, 0.29) is 18.0 Å². The summed E-state index contributed by atoms with van der Waals surface area (Å²) in [6.07, 6.45) is 12.2. The minimum absolute atomic E-state index is 0.138. The van der Waals surface area contributed by atoms with Crippen molar-refractivity contribution in [2.45, 2.75) is 84.2 Å². The largest absolute Gasteiger partial charge is 0.490 e. The quantitative estimate of drug-likeness (QED) is 0.600. The maximum Gasteiger partial charge on any atom is 0.308 e. The van der Waals surface area contributed by atoms with Crippen molar-refractivity contribution in [3.8, 4) is 5.75 Å². The highest BCUT2D eigenvalue weighted by molar-refractivity contribution is 5.72. The van der Waals surface area contributed by atoms with Crippen LogP contribution in [0.2, 0.25) is 0 Å². The van der Waals surface area contributed by atoms with Crippen molar-refractivity contribution in [2.24, 2.45) is 17.6 Å². The van der Waals surface area contributed by atoms with Gasteiger partial charge >= 0.3 is 5.97 Å². The maximum absolute atomic E-state index is 11.6. The SMILES string of the molecule is C1CC1.CCCC(CCN)CC1CCc2ccc(CC(C)C(=O)OC)cc2O1. The fourth-order valence-corrected chi connectivity index (χ4v) is 3.80. The smallest absolute Gasteiger partial charge is 0.308 e. The average Bonchev–Trinajstić information content (AvgIpc) is 3.57. The highest BCUT2D eigenvalue weighted by Crippen LogP contribution is 2.32. The summed E-state index contributed by atoms with van der Waals surface area (Å²) in [5, 5.41) is 0. The molecule has 1 aliphatic carbocycles. The van der Waals surface area contributed by atoms with E-state index in [1.54, 1.807) is 0 Å². The molecule has 1 saturated carbocycles. The molecule has 28 heavy (non-hydrogen) atoms. The minimum Gasteiger partial charge on any atom is -0.490 e. The molecule has 1 aromatic carbocycles.